The van der Waals surface area contributed by atoms with Gasteiger partial charge in [-0.1, -0.05) is 60.7 Å². The van der Waals surface area contributed by atoms with Crippen LogP contribution in [0.4, 0.5) is 4.79 Å². The van der Waals surface area contributed by atoms with Crippen molar-refractivity contribution in [3.05, 3.63) is 71.8 Å². The highest BCUT2D eigenvalue weighted by atomic mass is 16.5. The number of carbonyl (C=O) groups excluding carboxylic acids is 3. The smallest absolute Gasteiger partial charge is 0.321 e. The second kappa shape index (κ2) is 9.22. The number of amides is 3. The zero-order chi connectivity index (χ0) is 18.1. The van der Waals surface area contributed by atoms with Gasteiger partial charge in [0.2, 0.25) is 6.10 Å². The van der Waals surface area contributed by atoms with Crippen molar-refractivity contribution in [2.45, 2.75) is 19.4 Å². The Kier molecular flexibility index (Phi) is 6.71. The molecule has 0 spiro atoms. The fourth-order valence-corrected chi connectivity index (χ4v) is 2.22. The van der Waals surface area contributed by atoms with Crippen LogP contribution in [-0.2, 0) is 20.7 Å². The SMILES string of the molecule is CCNC(=O)NC(=O)[C@H](OC(=O)Cc1ccccc1)c1ccccc1. The molecule has 0 saturated carbocycles. The molecule has 0 unspecified atom stereocenters. The van der Waals surface area contributed by atoms with Gasteiger partial charge in [-0.25, -0.2) is 4.79 Å². The summed E-state index contributed by atoms with van der Waals surface area (Å²) in [5, 5.41) is 4.65. The summed E-state index contributed by atoms with van der Waals surface area (Å²) in [7, 11) is 0. The van der Waals surface area contributed by atoms with Crippen LogP contribution in [-0.4, -0.2) is 24.5 Å². The van der Waals surface area contributed by atoms with Crippen LogP contribution in [0.25, 0.3) is 0 Å². The molecule has 0 heterocycles. The van der Waals surface area contributed by atoms with Crippen LogP contribution in [0, 0.1) is 0 Å². The van der Waals surface area contributed by atoms with Crippen LogP contribution in [0.2, 0.25) is 0 Å². The number of rotatable bonds is 6. The quantitative estimate of drug-likeness (QED) is 0.791. The Morgan fingerprint density at radius 1 is 0.960 bits per heavy atom. The molecule has 0 bridgehead atoms. The van der Waals surface area contributed by atoms with Crippen molar-refractivity contribution in [2.75, 3.05) is 6.54 Å². The van der Waals surface area contributed by atoms with Crippen molar-refractivity contribution in [2.24, 2.45) is 0 Å². The number of imide groups is 1. The molecule has 0 aromatic heterocycles. The minimum absolute atomic E-state index is 0.0403. The summed E-state index contributed by atoms with van der Waals surface area (Å²) in [6, 6.07) is 17.0. The minimum Gasteiger partial charge on any atom is -0.447 e. The third-order valence-electron chi connectivity index (χ3n) is 3.36. The number of carbonyl (C=O) groups is 3. The fourth-order valence-electron chi connectivity index (χ4n) is 2.22. The first kappa shape index (κ1) is 18.2. The zero-order valence-electron chi connectivity index (χ0n) is 13.9. The Hall–Kier alpha value is -3.15. The normalized spacial score (nSPS) is 11.2. The van der Waals surface area contributed by atoms with E-state index in [9.17, 15) is 14.4 Å². The van der Waals surface area contributed by atoms with E-state index in [0.29, 0.717) is 12.1 Å². The highest BCUT2D eigenvalue weighted by Crippen LogP contribution is 2.18. The first-order valence-corrected chi connectivity index (χ1v) is 7.97. The molecular weight excluding hydrogens is 320 g/mol. The third-order valence-corrected chi connectivity index (χ3v) is 3.36. The van der Waals surface area contributed by atoms with Gasteiger partial charge in [0.1, 0.15) is 0 Å². The summed E-state index contributed by atoms with van der Waals surface area (Å²) in [4.78, 5) is 36.2. The number of hydrogen-bond donors (Lipinski definition) is 2. The number of ether oxygens (including phenoxy) is 1. The van der Waals surface area contributed by atoms with Gasteiger partial charge in [-0.05, 0) is 12.5 Å². The highest BCUT2D eigenvalue weighted by molar-refractivity contribution is 5.97. The molecule has 0 aliphatic heterocycles. The Morgan fingerprint density at radius 3 is 2.16 bits per heavy atom. The lowest BCUT2D eigenvalue weighted by atomic mass is 10.1. The average molecular weight is 340 g/mol. The van der Waals surface area contributed by atoms with Gasteiger partial charge in [0, 0.05) is 12.1 Å². The van der Waals surface area contributed by atoms with Gasteiger partial charge < -0.3 is 10.1 Å². The molecule has 0 aliphatic carbocycles. The average Bonchev–Trinajstić information content (AvgIpc) is 2.61. The maximum Gasteiger partial charge on any atom is 0.321 e. The maximum absolute atomic E-state index is 12.4. The summed E-state index contributed by atoms with van der Waals surface area (Å²) in [6.45, 7) is 2.11. The molecule has 1 atom stereocenters. The Balaban J connectivity index is 2.10. The summed E-state index contributed by atoms with van der Waals surface area (Å²) in [5.74, 6) is -1.25. The van der Waals surface area contributed by atoms with Crippen LogP contribution in [0.1, 0.15) is 24.2 Å². The van der Waals surface area contributed by atoms with E-state index in [1.54, 1.807) is 49.4 Å². The molecule has 0 fully saturated rings. The lowest BCUT2D eigenvalue weighted by Gasteiger charge is -2.17. The van der Waals surface area contributed by atoms with Crippen molar-refractivity contribution >= 4 is 17.9 Å². The van der Waals surface area contributed by atoms with Gasteiger partial charge in [0.15, 0.2) is 0 Å². The second-order valence-electron chi connectivity index (χ2n) is 5.29. The molecule has 2 N–H and O–H groups in total. The predicted octanol–water partition coefficient (Wildman–Crippen LogP) is 2.36. The van der Waals surface area contributed by atoms with Crippen molar-refractivity contribution in [3.63, 3.8) is 0 Å². The molecule has 25 heavy (non-hydrogen) atoms. The Morgan fingerprint density at radius 2 is 1.56 bits per heavy atom. The molecule has 130 valence electrons. The van der Waals surface area contributed by atoms with Crippen molar-refractivity contribution in [1.29, 1.82) is 0 Å². The molecule has 6 heteroatoms. The van der Waals surface area contributed by atoms with Crippen LogP contribution >= 0.6 is 0 Å². The van der Waals surface area contributed by atoms with E-state index in [1.165, 1.54) is 0 Å². The van der Waals surface area contributed by atoms with E-state index in [0.717, 1.165) is 5.56 Å². The number of benzene rings is 2. The molecule has 3 amide bonds. The molecule has 0 radical (unpaired) electrons. The van der Waals surface area contributed by atoms with E-state index < -0.39 is 24.0 Å². The third kappa shape index (κ3) is 5.76. The van der Waals surface area contributed by atoms with Gasteiger partial charge in [-0.15, -0.1) is 0 Å². The molecule has 0 aliphatic rings. The van der Waals surface area contributed by atoms with Crippen LogP contribution in [0.3, 0.4) is 0 Å². The molecule has 2 rings (SSSR count). The molecule has 0 saturated heterocycles. The lowest BCUT2D eigenvalue weighted by Crippen LogP contribution is -2.42. The monoisotopic (exact) mass is 340 g/mol. The first-order chi connectivity index (χ1) is 12.1. The highest BCUT2D eigenvalue weighted by Gasteiger charge is 2.26. The summed E-state index contributed by atoms with van der Waals surface area (Å²) >= 11 is 0. The van der Waals surface area contributed by atoms with Crippen molar-refractivity contribution < 1.29 is 19.1 Å². The van der Waals surface area contributed by atoms with Gasteiger partial charge in [-0.3, -0.25) is 14.9 Å². The predicted molar refractivity (Wildman–Crippen MR) is 92.6 cm³/mol. The Labute approximate surface area is 146 Å². The van der Waals surface area contributed by atoms with E-state index >= 15 is 0 Å². The lowest BCUT2D eigenvalue weighted by molar-refractivity contribution is -0.155. The summed E-state index contributed by atoms with van der Waals surface area (Å²) in [6.07, 6.45) is -1.15. The summed E-state index contributed by atoms with van der Waals surface area (Å²) < 4.78 is 5.35. The van der Waals surface area contributed by atoms with E-state index in [2.05, 4.69) is 10.6 Å². The molecule has 2 aromatic rings. The molecular formula is C19H20N2O4. The fraction of sp³-hybridized carbons (Fsp3) is 0.211. The topological polar surface area (TPSA) is 84.5 Å². The zero-order valence-corrected chi connectivity index (χ0v) is 13.9. The largest absolute Gasteiger partial charge is 0.447 e. The standard InChI is InChI=1S/C19H20N2O4/c1-2-20-19(24)21-18(23)17(15-11-7-4-8-12-15)25-16(22)13-14-9-5-3-6-10-14/h3-12,17H,2,13H2,1H3,(H2,20,21,23,24)/t17-/m1/s1. The van der Waals surface area contributed by atoms with Crippen molar-refractivity contribution in [1.82, 2.24) is 10.6 Å². The maximum atomic E-state index is 12.4. The van der Waals surface area contributed by atoms with Crippen LogP contribution < -0.4 is 10.6 Å². The summed E-state index contributed by atoms with van der Waals surface area (Å²) in [5.41, 5.74) is 1.27. The van der Waals surface area contributed by atoms with Gasteiger partial charge >= 0.3 is 12.0 Å². The Bertz CT molecular complexity index is 717. The van der Waals surface area contributed by atoms with Crippen molar-refractivity contribution in [3.8, 4) is 0 Å². The minimum atomic E-state index is -1.19. The van der Waals surface area contributed by atoms with Gasteiger partial charge in [0.05, 0.1) is 6.42 Å². The van der Waals surface area contributed by atoms with E-state index in [-0.39, 0.29) is 6.42 Å². The first-order valence-electron chi connectivity index (χ1n) is 7.97. The van der Waals surface area contributed by atoms with Crippen LogP contribution in [0.5, 0.6) is 0 Å². The number of urea groups is 1. The second-order valence-corrected chi connectivity index (χ2v) is 5.29. The number of nitrogens with one attached hydrogen (secondary N) is 2. The molecule has 6 nitrogen and oxygen atoms in total. The van der Waals surface area contributed by atoms with Gasteiger partial charge in [-0.2, -0.15) is 0 Å². The number of esters is 1. The number of hydrogen-bond acceptors (Lipinski definition) is 4. The molecule has 2 aromatic carbocycles. The van der Waals surface area contributed by atoms with E-state index in [4.69, 9.17) is 4.74 Å². The van der Waals surface area contributed by atoms with Gasteiger partial charge in [0.25, 0.3) is 5.91 Å². The van der Waals surface area contributed by atoms with Crippen LogP contribution in [0.15, 0.2) is 60.7 Å². The van der Waals surface area contributed by atoms with E-state index in [1.807, 2.05) is 18.2 Å².